The molecule has 0 bridgehead atoms. The van der Waals surface area contributed by atoms with Crippen LogP contribution >= 0.6 is 11.3 Å². The van der Waals surface area contributed by atoms with Gasteiger partial charge in [-0.1, -0.05) is 5.16 Å². The minimum atomic E-state index is -3.87. The highest BCUT2D eigenvalue weighted by atomic mass is 32.2. The highest BCUT2D eigenvalue weighted by Gasteiger charge is 2.50. The Balaban J connectivity index is 1.84. The third kappa shape index (κ3) is 4.33. The van der Waals surface area contributed by atoms with E-state index in [4.69, 9.17) is 15.8 Å². The molecule has 3 rings (SSSR count). The predicted molar refractivity (Wildman–Crippen MR) is 104 cm³/mol. The van der Waals surface area contributed by atoms with Crippen molar-refractivity contribution in [2.24, 2.45) is 5.16 Å². The Labute approximate surface area is 179 Å². The first-order valence-electron chi connectivity index (χ1n) is 8.39. The summed E-state index contributed by atoms with van der Waals surface area (Å²) in [7, 11) is -3.87. The summed E-state index contributed by atoms with van der Waals surface area (Å²) in [6.45, 7) is -0.944. The Kier molecular flexibility index (Phi) is 5.92. The molecule has 2 amide bonds. The number of hydrogen-bond acceptors (Lipinski definition) is 12. The second-order valence-corrected chi connectivity index (χ2v) is 9.24. The molecule has 4 N–H and O–H groups in total. The normalized spacial score (nSPS) is 19.4. The molecule has 2 aliphatic heterocycles. The number of hydrogen-bond donors (Lipinski definition) is 3. The maximum atomic E-state index is 12.8. The van der Waals surface area contributed by atoms with E-state index in [1.54, 1.807) is 6.07 Å². The number of nitrogens with zero attached hydrogens (tertiary/aromatic N) is 5. The second-order valence-electron chi connectivity index (χ2n) is 6.31. The van der Waals surface area contributed by atoms with Crippen molar-refractivity contribution in [2.45, 2.75) is 6.04 Å². The van der Waals surface area contributed by atoms with E-state index in [2.05, 4.69) is 15.5 Å². The van der Waals surface area contributed by atoms with Crippen molar-refractivity contribution in [1.29, 1.82) is 5.26 Å². The quantitative estimate of drug-likeness (QED) is 0.223. The van der Waals surface area contributed by atoms with Crippen molar-refractivity contribution >= 4 is 49.8 Å². The number of hydrazine groups is 1. The lowest BCUT2D eigenvalue weighted by Crippen LogP contribution is -2.46. The van der Waals surface area contributed by atoms with Crippen LogP contribution in [0.3, 0.4) is 0 Å². The highest BCUT2D eigenvalue weighted by Crippen LogP contribution is 2.31. The number of nitriles is 1. The van der Waals surface area contributed by atoms with Crippen LogP contribution in [-0.2, 0) is 29.1 Å². The smallest absolute Gasteiger partial charge is 0.355 e. The Morgan fingerprint density at radius 3 is 2.81 bits per heavy atom. The summed E-state index contributed by atoms with van der Waals surface area (Å²) in [4.78, 5) is 45.3. The maximum Gasteiger partial charge on any atom is 0.355 e. The summed E-state index contributed by atoms with van der Waals surface area (Å²) in [6.07, 6.45) is 0.849. The first-order chi connectivity index (χ1) is 14.5. The number of aromatic nitrogens is 1. The Bertz CT molecular complexity index is 1160. The lowest BCUT2D eigenvalue weighted by atomic mass is 10.2. The number of carbonyl (C=O) groups excluding carboxylic acids is 2. The summed E-state index contributed by atoms with van der Waals surface area (Å²) in [5.74, 6) is -3.30. The Morgan fingerprint density at radius 1 is 1.55 bits per heavy atom. The number of nitrogens with two attached hydrogens (primary N) is 1. The fourth-order valence-electron chi connectivity index (χ4n) is 2.97. The van der Waals surface area contributed by atoms with Crippen LogP contribution in [0.2, 0.25) is 0 Å². The van der Waals surface area contributed by atoms with Crippen LogP contribution in [0.25, 0.3) is 0 Å². The average Bonchev–Trinajstić information content (AvgIpc) is 3.34. The zero-order valence-electron chi connectivity index (χ0n) is 15.8. The number of sulfone groups is 1. The van der Waals surface area contributed by atoms with Crippen LogP contribution in [0, 0.1) is 11.3 Å². The molecule has 31 heavy (non-hydrogen) atoms. The molecule has 0 saturated carbocycles. The van der Waals surface area contributed by atoms with Gasteiger partial charge in [-0.25, -0.2) is 28.2 Å². The summed E-state index contributed by atoms with van der Waals surface area (Å²) in [5, 5.41) is 27.5. The van der Waals surface area contributed by atoms with Crippen molar-refractivity contribution < 1.29 is 32.7 Å². The van der Waals surface area contributed by atoms with Gasteiger partial charge >= 0.3 is 5.97 Å². The van der Waals surface area contributed by atoms with E-state index in [9.17, 15) is 27.9 Å². The molecule has 1 saturated heterocycles. The number of carboxylic acid groups (broad SMARTS) is 1. The molecule has 1 fully saturated rings. The molecule has 2 aliphatic rings. The van der Waals surface area contributed by atoms with Crippen molar-refractivity contribution in [2.75, 3.05) is 31.7 Å². The van der Waals surface area contributed by atoms with E-state index in [0.29, 0.717) is 0 Å². The number of carboxylic acids is 1. The number of aliphatic carboxylic acids is 1. The largest absolute Gasteiger partial charge is 0.476 e. The zero-order chi connectivity index (χ0) is 22.9. The molecule has 1 aromatic rings. The number of anilines is 1. The molecule has 0 spiro atoms. The van der Waals surface area contributed by atoms with Gasteiger partial charge in [-0.2, -0.15) is 5.26 Å². The van der Waals surface area contributed by atoms with E-state index in [1.165, 1.54) is 10.4 Å². The average molecular weight is 469 g/mol. The lowest BCUT2D eigenvalue weighted by molar-refractivity contribution is -0.143. The minimum Gasteiger partial charge on any atom is -0.476 e. The van der Waals surface area contributed by atoms with E-state index >= 15 is 0 Å². The van der Waals surface area contributed by atoms with Crippen molar-refractivity contribution in [3.8, 4) is 6.07 Å². The molecule has 14 nitrogen and oxygen atoms in total. The first-order valence-corrected chi connectivity index (χ1v) is 11.2. The van der Waals surface area contributed by atoms with Crippen molar-refractivity contribution in [3.05, 3.63) is 21.7 Å². The van der Waals surface area contributed by atoms with Gasteiger partial charge in [-0.3, -0.25) is 9.59 Å². The van der Waals surface area contributed by atoms with Gasteiger partial charge in [-0.15, -0.1) is 11.3 Å². The number of rotatable bonds is 7. The van der Waals surface area contributed by atoms with Gasteiger partial charge in [0.15, 0.2) is 26.4 Å². The molecule has 1 aromatic heterocycles. The first kappa shape index (κ1) is 22.1. The van der Waals surface area contributed by atoms with E-state index in [0.717, 1.165) is 22.6 Å². The van der Waals surface area contributed by atoms with Gasteiger partial charge in [0.1, 0.15) is 17.8 Å². The third-order valence-corrected chi connectivity index (χ3v) is 6.10. The Hall–Kier alpha value is -3.55. The van der Waals surface area contributed by atoms with Crippen LogP contribution < -0.4 is 11.1 Å². The summed E-state index contributed by atoms with van der Waals surface area (Å²) in [6, 6.07) is 0.482. The highest BCUT2D eigenvalue weighted by molar-refractivity contribution is 7.94. The maximum absolute atomic E-state index is 12.8. The van der Waals surface area contributed by atoms with Crippen LogP contribution in [0.4, 0.5) is 5.13 Å². The van der Waals surface area contributed by atoms with Gasteiger partial charge in [0.25, 0.3) is 11.8 Å². The standard InChI is InChI=1S/C15H15N7O7S2/c1-31(27,28)9-5-21-4-7(13(24)22(21)11(9)14(25)26)18-12(23)10(20-29-3-2-16)8-6-30-15(17)19-8/h6-7H,3-5H2,1H3,(H2,17,19)(H,18,23)(H,25,26)/b20-10+/t7-/m0/s1. The third-order valence-electron chi connectivity index (χ3n) is 4.21. The second kappa shape index (κ2) is 8.29. The number of amides is 2. The van der Waals surface area contributed by atoms with Gasteiger partial charge in [0.05, 0.1) is 11.4 Å². The topological polar surface area (TPSA) is 208 Å². The SMILES string of the molecule is CS(=O)(=O)C1=C(C(=O)O)N2C(=O)[C@@H](NC(=O)/C(=N/OCC#N)c3csc(N)n3)CN2C1. The van der Waals surface area contributed by atoms with Crippen LogP contribution in [-0.4, -0.2) is 84.0 Å². The number of oxime groups is 1. The predicted octanol–water partition coefficient (Wildman–Crippen LogP) is -2.13. The molecule has 3 heterocycles. The van der Waals surface area contributed by atoms with Crippen molar-refractivity contribution in [3.63, 3.8) is 0 Å². The zero-order valence-corrected chi connectivity index (χ0v) is 17.4. The van der Waals surface area contributed by atoms with Gasteiger partial charge < -0.3 is 21.0 Å². The number of thiazole rings is 1. The summed E-state index contributed by atoms with van der Waals surface area (Å²) >= 11 is 1.03. The number of fused-ring (bicyclic) bond motifs is 1. The molecule has 0 radical (unpaired) electrons. The molecule has 1 atom stereocenters. The molecule has 16 heteroatoms. The molecule has 0 aliphatic carbocycles. The number of nitrogens with one attached hydrogen (secondary N) is 1. The van der Waals surface area contributed by atoms with E-state index < -0.39 is 50.9 Å². The van der Waals surface area contributed by atoms with Gasteiger partial charge in [-0.05, 0) is 0 Å². The minimum absolute atomic E-state index is 0.0506. The molecule has 0 aromatic carbocycles. The van der Waals surface area contributed by atoms with Gasteiger partial charge in [0.2, 0.25) is 6.61 Å². The van der Waals surface area contributed by atoms with Crippen LogP contribution in [0.15, 0.2) is 21.1 Å². The molecular formula is C15H15N7O7S2. The van der Waals surface area contributed by atoms with Crippen molar-refractivity contribution in [1.82, 2.24) is 20.3 Å². The monoisotopic (exact) mass is 469 g/mol. The fourth-order valence-corrected chi connectivity index (χ4v) is 4.42. The lowest BCUT2D eigenvalue weighted by Gasteiger charge is -2.18. The summed E-state index contributed by atoms with van der Waals surface area (Å²) < 4.78 is 23.8. The summed E-state index contributed by atoms with van der Waals surface area (Å²) in [5.41, 5.74) is 4.59. The van der Waals surface area contributed by atoms with Crippen LogP contribution in [0.5, 0.6) is 0 Å². The van der Waals surface area contributed by atoms with E-state index in [1.807, 2.05) is 0 Å². The molecular weight excluding hydrogens is 454 g/mol. The number of nitrogen functional groups attached to an aromatic ring is 1. The van der Waals surface area contributed by atoms with Gasteiger partial charge in [0, 0.05) is 18.2 Å². The molecule has 164 valence electrons. The van der Waals surface area contributed by atoms with E-state index in [-0.39, 0.29) is 29.6 Å². The fraction of sp³-hybridized carbons (Fsp3) is 0.333. The molecule has 0 unspecified atom stereocenters. The van der Waals surface area contributed by atoms with Crippen LogP contribution in [0.1, 0.15) is 5.69 Å². The Morgan fingerprint density at radius 2 is 2.26 bits per heavy atom. The number of carbonyl (C=O) groups is 3.